The summed E-state index contributed by atoms with van der Waals surface area (Å²) in [6.45, 7) is 22.6. The number of esters is 1. The van der Waals surface area contributed by atoms with E-state index in [1.165, 1.54) is 18.9 Å². The number of halogens is 2. The van der Waals surface area contributed by atoms with Crippen molar-refractivity contribution in [3.63, 3.8) is 0 Å². The Morgan fingerprint density at radius 3 is 2.23 bits per heavy atom. The Kier molecular flexibility index (Phi) is 10.6. The summed E-state index contributed by atoms with van der Waals surface area (Å²) in [5, 5.41) is 2.40. The molecule has 4 rings (SSSR count). The van der Waals surface area contributed by atoms with Gasteiger partial charge in [0, 0.05) is 10.1 Å². The molecule has 242 valence electrons. The van der Waals surface area contributed by atoms with Gasteiger partial charge >= 0.3 is 5.97 Å². The first-order chi connectivity index (χ1) is 20.3. The van der Waals surface area contributed by atoms with Gasteiger partial charge in [0.25, 0.3) is 0 Å². The van der Waals surface area contributed by atoms with E-state index in [0.717, 1.165) is 9.13 Å². The smallest absolute Gasteiger partial charge is 0.321 e. The molecular formula is C30H45ClIN5O4SSi2. The van der Waals surface area contributed by atoms with Gasteiger partial charge < -0.3 is 18.9 Å². The van der Waals surface area contributed by atoms with Gasteiger partial charge in [0.1, 0.15) is 16.7 Å². The molecule has 9 nitrogen and oxygen atoms in total. The lowest BCUT2D eigenvalue weighted by atomic mass is 10.1. The molecule has 0 aliphatic carbocycles. The maximum absolute atomic E-state index is 13.4. The number of ether oxygens (including phenoxy) is 1. The predicted molar refractivity (Wildman–Crippen MR) is 193 cm³/mol. The van der Waals surface area contributed by atoms with E-state index in [-0.39, 0.29) is 26.7 Å². The van der Waals surface area contributed by atoms with Gasteiger partial charge in [-0.2, -0.15) is 9.97 Å². The fourth-order valence-corrected chi connectivity index (χ4v) is 9.58. The molecule has 2 aromatic heterocycles. The number of nitrogens with zero attached hydrogens (tertiary/aromatic N) is 4. The zero-order valence-corrected chi connectivity index (χ0v) is 33.2. The lowest BCUT2D eigenvalue weighted by Gasteiger charge is -2.44. The van der Waals surface area contributed by atoms with Crippen molar-refractivity contribution in [3.8, 4) is 0 Å². The Balaban J connectivity index is 1.81. The minimum Gasteiger partial charge on any atom is -0.468 e. The number of methoxy groups -OCH3 is 1. The molecule has 0 spiro atoms. The number of hydrogen-bond donors (Lipinski definition) is 1. The highest BCUT2D eigenvalue weighted by Crippen LogP contribution is 2.51. The van der Waals surface area contributed by atoms with E-state index >= 15 is 0 Å². The zero-order chi connectivity index (χ0) is 32.8. The normalized spacial score (nSPS) is 21.6. The van der Waals surface area contributed by atoms with Crippen LogP contribution in [0.2, 0.25) is 41.5 Å². The van der Waals surface area contributed by atoms with Crippen molar-refractivity contribution < 1.29 is 18.4 Å². The van der Waals surface area contributed by atoms with Crippen LogP contribution >= 0.6 is 46.0 Å². The van der Waals surface area contributed by atoms with Crippen molar-refractivity contribution in [1.82, 2.24) is 19.5 Å². The van der Waals surface area contributed by atoms with E-state index in [1.54, 1.807) is 6.33 Å². The molecule has 1 saturated heterocycles. The largest absolute Gasteiger partial charge is 0.468 e. The van der Waals surface area contributed by atoms with E-state index in [1.807, 2.05) is 10.6 Å². The molecular weight excluding hydrogens is 745 g/mol. The van der Waals surface area contributed by atoms with Gasteiger partial charge in [0.05, 0.1) is 19.5 Å². The monoisotopic (exact) mass is 789 g/mol. The summed E-state index contributed by atoms with van der Waals surface area (Å²) in [6, 6.07) is 8.24. The molecule has 0 saturated carbocycles. The van der Waals surface area contributed by atoms with Gasteiger partial charge in [0.2, 0.25) is 5.28 Å². The van der Waals surface area contributed by atoms with Crippen LogP contribution in [-0.2, 0) is 24.9 Å². The molecule has 1 aliphatic rings. The highest BCUT2D eigenvalue weighted by Gasteiger charge is 2.56. The number of imidazole rings is 1. The average molecular weight is 790 g/mol. The Morgan fingerprint density at radius 1 is 1.05 bits per heavy atom. The summed E-state index contributed by atoms with van der Waals surface area (Å²) < 4.78 is 22.7. The molecule has 0 bridgehead atoms. The van der Waals surface area contributed by atoms with Gasteiger partial charge in [-0.1, -0.05) is 53.7 Å². The molecule has 3 aromatic rings. The maximum atomic E-state index is 13.4. The van der Waals surface area contributed by atoms with Crippen LogP contribution in [0, 0.1) is 3.57 Å². The number of fused-ring (bicyclic) bond motifs is 1. The number of thioether (sulfide) groups is 1. The summed E-state index contributed by atoms with van der Waals surface area (Å²) in [5.41, 5.74) is 2.27. The highest BCUT2D eigenvalue weighted by molar-refractivity contribution is 14.1. The van der Waals surface area contributed by atoms with Crippen LogP contribution in [-0.4, -0.2) is 66.7 Å². The minimum absolute atomic E-state index is 0.0675. The standard InChI is InChI=1S/C30H45ClIN5O4SSi2/c1-29(2,3)43(8,9)40-21-22(41-44(10,11)30(4,5)6)26(42-23(21)27(38)39-7)37-17-34-20-24(35-28(31)36-25(20)37)33-16-18-13-12-14-19(32)15-18/h12-15,17,21-23,26H,16H2,1-11H3,(H,33,35,36). The summed E-state index contributed by atoms with van der Waals surface area (Å²) in [6.07, 6.45) is 0.753. The fraction of sp³-hybridized carbons (Fsp3) is 0.600. The van der Waals surface area contributed by atoms with Gasteiger partial charge in [-0.05, 0) is 88.2 Å². The molecule has 0 amide bonds. The van der Waals surface area contributed by atoms with Crippen LogP contribution in [0.3, 0.4) is 0 Å². The second kappa shape index (κ2) is 13.1. The van der Waals surface area contributed by atoms with Crippen LogP contribution in [0.1, 0.15) is 52.5 Å². The van der Waals surface area contributed by atoms with Crippen LogP contribution in [0.5, 0.6) is 0 Å². The van der Waals surface area contributed by atoms with Crippen molar-refractivity contribution in [2.45, 2.75) is 107 Å². The van der Waals surface area contributed by atoms with Crippen LogP contribution in [0.15, 0.2) is 30.6 Å². The van der Waals surface area contributed by atoms with Crippen molar-refractivity contribution in [3.05, 3.63) is 45.0 Å². The summed E-state index contributed by atoms with van der Waals surface area (Å²) in [4.78, 5) is 27.2. The van der Waals surface area contributed by atoms with E-state index < -0.39 is 34.1 Å². The molecule has 0 radical (unpaired) electrons. The van der Waals surface area contributed by atoms with Crippen LogP contribution < -0.4 is 5.32 Å². The third kappa shape index (κ3) is 7.49. The summed E-state index contributed by atoms with van der Waals surface area (Å²) in [5.74, 6) is 0.211. The topological polar surface area (TPSA) is 100 Å². The minimum atomic E-state index is -2.34. The van der Waals surface area contributed by atoms with Crippen molar-refractivity contribution >= 4 is 85.5 Å². The Morgan fingerprint density at radius 2 is 1.66 bits per heavy atom. The molecule has 3 heterocycles. The zero-order valence-electron chi connectivity index (χ0n) is 27.5. The molecule has 4 unspecified atom stereocenters. The number of nitrogens with one attached hydrogen (secondary N) is 1. The number of carbonyl (C=O) groups is 1. The van der Waals surface area contributed by atoms with Gasteiger partial charge in [0.15, 0.2) is 33.6 Å². The fourth-order valence-electron chi connectivity index (χ4n) is 4.49. The molecule has 1 N–H and O–H groups in total. The van der Waals surface area contributed by atoms with Gasteiger partial charge in [-0.25, -0.2) is 4.98 Å². The number of aromatic nitrogens is 4. The van der Waals surface area contributed by atoms with Crippen LogP contribution in [0.25, 0.3) is 11.2 Å². The Bertz CT molecular complexity index is 1510. The van der Waals surface area contributed by atoms with E-state index in [9.17, 15) is 4.79 Å². The number of anilines is 1. The second-order valence-electron chi connectivity index (χ2n) is 14.3. The number of carbonyl (C=O) groups excluding carboxylic acids is 1. The first-order valence-corrected chi connectivity index (χ1v) is 22.9. The quantitative estimate of drug-likeness (QED) is 0.0995. The lowest BCUT2D eigenvalue weighted by molar-refractivity contribution is -0.142. The van der Waals surface area contributed by atoms with E-state index in [2.05, 4.69) is 124 Å². The molecule has 14 heteroatoms. The molecule has 1 aromatic carbocycles. The summed E-state index contributed by atoms with van der Waals surface area (Å²) >= 11 is 10.3. The van der Waals surface area contributed by atoms with Crippen molar-refractivity contribution in [2.75, 3.05) is 12.4 Å². The third-order valence-corrected chi connectivity index (χ3v) is 20.4. The Hall–Kier alpha value is -1.24. The number of rotatable bonds is 9. The van der Waals surface area contributed by atoms with Gasteiger partial charge in [-0.15, -0.1) is 11.8 Å². The van der Waals surface area contributed by atoms with Crippen molar-refractivity contribution in [1.29, 1.82) is 0 Å². The highest BCUT2D eigenvalue weighted by atomic mass is 127. The van der Waals surface area contributed by atoms with Crippen LogP contribution in [0.4, 0.5) is 5.82 Å². The maximum Gasteiger partial charge on any atom is 0.321 e. The molecule has 44 heavy (non-hydrogen) atoms. The third-order valence-electron chi connectivity index (χ3n) is 9.11. The first-order valence-electron chi connectivity index (χ1n) is 14.7. The molecule has 1 fully saturated rings. The number of hydrogen-bond acceptors (Lipinski definition) is 9. The molecule has 1 aliphatic heterocycles. The van der Waals surface area contributed by atoms with Crippen molar-refractivity contribution in [2.24, 2.45) is 0 Å². The molecule has 4 atom stereocenters. The second-order valence-corrected chi connectivity index (χ2v) is 26.7. The first kappa shape index (κ1) is 35.6. The number of benzene rings is 1. The van der Waals surface area contributed by atoms with E-state index in [0.29, 0.717) is 23.5 Å². The summed E-state index contributed by atoms with van der Waals surface area (Å²) in [7, 11) is -3.25. The Labute approximate surface area is 286 Å². The predicted octanol–water partition coefficient (Wildman–Crippen LogP) is 8.26. The van der Waals surface area contributed by atoms with Gasteiger partial charge in [-0.3, -0.25) is 9.36 Å². The average Bonchev–Trinajstić information content (AvgIpc) is 3.46. The lowest BCUT2D eigenvalue weighted by Crippen LogP contribution is -2.54. The van der Waals surface area contributed by atoms with E-state index in [4.69, 9.17) is 30.2 Å². The SMILES string of the molecule is COC(=O)C1SC(n2cnc3c(NCc4cccc(I)c4)nc(Cl)nc32)C(O[Si](C)(C)C(C)(C)C)C1O[Si](C)(C)C(C)(C)C.